The average molecular weight is 413 g/mol. The summed E-state index contributed by atoms with van der Waals surface area (Å²) in [5, 5.41) is 0.176. The molecule has 2 aliphatic rings. The van der Waals surface area contributed by atoms with E-state index in [2.05, 4.69) is 13.8 Å². The number of sulfonamides is 1. The number of hydrogen-bond acceptors (Lipinski definition) is 3. The summed E-state index contributed by atoms with van der Waals surface area (Å²) in [4.78, 5) is 15.0. The largest absolute Gasteiger partial charge is 0.336 e. The molecule has 0 bridgehead atoms. The van der Waals surface area contributed by atoms with Crippen molar-refractivity contribution >= 4 is 27.5 Å². The maximum Gasteiger partial charge on any atom is 0.254 e. The second kappa shape index (κ2) is 8.50. The highest BCUT2D eigenvalue weighted by atomic mass is 35.5. The molecule has 2 unspecified atom stereocenters. The van der Waals surface area contributed by atoms with Crippen LogP contribution in [0.5, 0.6) is 0 Å². The lowest BCUT2D eigenvalue weighted by Crippen LogP contribution is -2.43. The Kier molecular flexibility index (Phi) is 6.49. The number of carbonyl (C=O) groups excluding carboxylic acids is 1. The third-order valence-corrected chi connectivity index (χ3v) is 8.12. The number of hydrogen-bond donors (Lipinski definition) is 0. The van der Waals surface area contributed by atoms with Crippen molar-refractivity contribution in [3.63, 3.8) is 0 Å². The van der Waals surface area contributed by atoms with Crippen molar-refractivity contribution in [3.05, 3.63) is 28.8 Å². The number of nitrogens with zero attached hydrogens (tertiary/aromatic N) is 2. The van der Waals surface area contributed by atoms with Gasteiger partial charge in [0.05, 0.1) is 5.02 Å². The zero-order chi connectivity index (χ0) is 19.6. The van der Waals surface area contributed by atoms with E-state index in [-0.39, 0.29) is 21.9 Å². The van der Waals surface area contributed by atoms with Crippen LogP contribution in [0.3, 0.4) is 0 Å². The summed E-state index contributed by atoms with van der Waals surface area (Å²) in [6.07, 6.45) is 5.93. The van der Waals surface area contributed by atoms with Crippen LogP contribution < -0.4 is 0 Å². The highest BCUT2D eigenvalue weighted by Crippen LogP contribution is 2.30. The Morgan fingerprint density at radius 3 is 2.67 bits per heavy atom. The van der Waals surface area contributed by atoms with Crippen molar-refractivity contribution < 1.29 is 13.2 Å². The fraction of sp³-hybridized carbons (Fsp3) is 0.650. The van der Waals surface area contributed by atoms with Crippen molar-refractivity contribution in [2.75, 3.05) is 19.6 Å². The van der Waals surface area contributed by atoms with Crippen LogP contribution in [-0.4, -0.2) is 49.2 Å². The normalized spacial score (nSPS) is 24.8. The number of piperidine rings is 2. The number of rotatable bonds is 4. The molecule has 27 heavy (non-hydrogen) atoms. The lowest BCUT2D eigenvalue weighted by atomic mass is 9.99. The van der Waals surface area contributed by atoms with E-state index in [1.807, 2.05) is 4.90 Å². The van der Waals surface area contributed by atoms with Gasteiger partial charge in [-0.3, -0.25) is 4.79 Å². The Morgan fingerprint density at radius 1 is 1.19 bits per heavy atom. The van der Waals surface area contributed by atoms with E-state index >= 15 is 0 Å². The van der Waals surface area contributed by atoms with Crippen LogP contribution in [0, 0.1) is 5.92 Å². The quantitative estimate of drug-likeness (QED) is 0.745. The maximum atomic E-state index is 13.1. The van der Waals surface area contributed by atoms with Crippen molar-refractivity contribution in [2.24, 2.45) is 5.92 Å². The lowest BCUT2D eigenvalue weighted by molar-refractivity contribution is 0.0608. The molecule has 0 saturated carbocycles. The van der Waals surface area contributed by atoms with E-state index in [1.165, 1.54) is 10.4 Å². The minimum absolute atomic E-state index is 0.0502. The molecule has 5 nitrogen and oxygen atoms in total. The molecule has 2 atom stereocenters. The molecule has 150 valence electrons. The highest BCUT2D eigenvalue weighted by molar-refractivity contribution is 7.89. The van der Waals surface area contributed by atoms with Crippen LogP contribution >= 0.6 is 11.6 Å². The van der Waals surface area contributed by atoms with Crippen molar-refractivity contribution in [1.29, 1.82) is 0 Å². The first-order valence-corrected chi connectivity index (χ1v) is 11.8. The summed E-state index contributed by atoms with van der Waals surface area (Å²) in [6.45, 7) is 5.88. The molecule has 0 N–H and O–H groups in total. The van der Waals surface area contributed by atoms with Crippen LogP contribution in [0.15, 0.2) is 23.1 Å². The molecule has 0 aliphatic carbocycles. The molecule has 2 fully saturated rings. The van der Waals surface area contributed by atoms with Gasteiger partial charge >= 0.3 is 0 Å². The maximum absolute atomic E-state index is 13.1. The van der Waals surface area contributed by atoms with Crippen LogP contribution in [0.2, 0.25) is 5.02 Å². The number of amides is 1. The van der Waals surface area contributed by atoms with E-state index in [4.69, 9.17) is 11.6 Å². The van der Waals surface area contributed by atoms with E-state index in [9.17, 15) is 13.2 Å². The van der Waals surface area contributed by atoms with Gasteiger partial charge in [0.15, 0.2) is 0 Å². The SMILES string of the molecule is CCC1CCCCN1C(=O)c1ccc(Cl)c(S(=O)(=O)N2CCCC(C)C2)c1. The summed E-state index contributed by atoms with van der Waals surface area (Å²) in [5.74, 6) is 0.234. The zero-order valence-electron chi connectivity index (χ0n) is 16.2. The summed E-state index contributed by atoms with van der Waals surface area (Å²) < 4.78 is 27.8. The molecular formula is C20H29ClN2O3S. The number of halogens is 1. The van der Waals surface area contributed by atoms with Gasteiger partial charge in [-0.15, -0.1) is 0 Å². The van der Waals surface area contributed by atoms with Gasteiger partial charge in [-0.25, -0.2) is 8.42 Å². The van der Waals surface area contributed by atoms with Crippen molar-refractivity contribution in [3.8, 4) is 0 Å². The fourth-order valence-corrected chi connectivity index (χ4v) is 6.29. The van der Waals surface area contributed by atoms with E-state index in [0.29, 0.717) is 24.6 Å². The molecule has 2 aliphatic heterocycles. The first kappa shape index (κ1) is 20.6. The van der Waals surface area contributed by atoms with Crippen LogP contribution in [0.1, 0.15) is 62.7 Å². The molecule has 2 heterocycles. The van der Waals surface area contributed by atoms with E-state index < -0.39 is 10.0 Å². The van der Waals surface area contributed by atoms with Gasteiger partial charge in [0, 0.05) is 31.2 Å². The summed E-state index contributed by atoms with van der Waals surface area (Å²) >= 11 is 6.25. The second-order valence-electron chi connectivity index (χ2n) is 7.81. The molecule has 0 spiro atoms. The van der Waals surface area contributed by atoms with Gasteiger partial charge in [0.1, 0.15) is 4.90 Å². The van der Waals surface area contributed by atoms with Crippen LogP contribution in [0.25, 0.3) is 0 Å². The fourth-order valence-electron chi connectivity index (χ4n) is 4.20. The summed E-state index contributed by atoms with van der Waals surface area (Å²) in [7, 11) is -3.70. The number of likely N-dealkylation sites (tertiary alicyclic amines) is 1. The monoisotopic (exact) mass is 412 g/mol. The molecule has 1 aromatic rings. The molecule has 1 aromatic carbocycles. The van der Waals surface area contributed by atoms with Gasteiger partial charge < -0.3 is 4.90 Å². The number of carbonyl (C=O) groups is 1. The average Bonchev–Trinajstić information content (AvgIpc) is 2.67. The lowest BCUT2D eigenvalue weighted by Gasteiger charge is -2.35. The van der Waals surface area contributed by atoms with Gasteiger partial charge in [0.2, 0.25) is 10.0 Å². The summed E-state index contributed by atoms with van der Waals surface area (Å²) in [5.41, 5.74) is 0.406. The molecule has 2 saturated heterocycles. The smallest absolute Gasteiger partial charge is 0.254 e. The molecule has 3 rings (SSSR count). The van der Waals surface area contributed by atoms with Gasteiger partial charge in [-0.2, -0.15) is 4.31 Å². The molecular weight excluding hydrogens is 384 g/mol. The van der Waals surface area contributed by atoms with Gasteiger partial charge in [-0.05, 0) is 62.6 Å². The minimum Gasteiger partial charge on any atom is -0.336 e. The van der Waals surface area contributed by atoms with E-state index in [1.54, 1.807) is 12.1 Å². The topological polar surface area (TPSA) is 57.7 Å². The first-order chi connectivity index (χ1) is 12.8. The zero-order valence-corrected chi connectivity index (χ0v) is 17.7. The molecule has 1 amide bonds. The van der Waals surface area contributed by atoms with Crippen molar-refractivity contribution in [2.45, 2.75) is 63.3 Å². The Morgan fingerprint density at radius 2 is 1.96 bits per heavy atom. The Labute approximate surface area is 167 Å². The predicted octanol–water partition coefficient (Wildman–Crippen LogP) is 4.17. The standard InChI is InChI=1S/C20H29ClN2O3S/c1-3-17-8-4-5-12-23(17)20(24)16-9-10-18(21)19(13-16)27(25,26)22-11-6-7-15(2)14-22/h9-10,13,15,17H,3-8,11-12,14H2,1-2H3. The third-order valence-electron chi connectivity index (χ3n) is 5.77. The molecule has 0 aromatic heterocycles. The molecule has 7 heteroatoms. The summed E-state index contributed by atoms with van der Waals surface area (Å²) in [6, 6.07) is 4.88. The third kappa shape index (κ3) is 4.33. The Bertz CT molecular complexity index is 796. The Hall–Kier alpha value is -1.11. The number of benzene rings is 1. The predicted molar refractivity (Wildman–Crippen MR) is 108 cm³/mol. The minimum atomic E-state index is -3.70. The van der Waals surface area contributed by atoms with Crippen LogP contribution in [-0.2, 0) is 10.0 Å². The highest BCUT2D eigenvalue weighted by Gasteiger charge is 2.32. The van der Waals surface area contributed by atoms with E-state index in [0.717, 1.165) is 45.1 Å². The molecule has 0 radical (unpaired) electrons. The van der Waals surface area contributed by atoms with Gasteiger partial charge in [0.25, 0.3) is 5.91 Å². The Balaban J connectivity index is 1.91. The van der Waals surface area contributed by atoms with Crippen LogP contribution in [0.4, 0.5) is 0 Å². The first-order valence-electron chi connectivity index (χ1n) is 9.95. The van der Waals surface area contributed by atoms with Crippen molar-refractivity contribution in [1.82, 2.24) is 9.21 Å². The second-order valence-corrected chi connectivity index (χ2v) is 10.1. The van der Waals surface area contributed by atoms with Gasteiger partial charge in [-0.1, -0.05) is 25.4 Å².